The molecule has 0 aromatic rings. The SMILES string of the molecule is CCCC[CH]OC[Si](C)(C)C. The highest BCUT2D eigenvalue weighted by Gasteiger charge is 2.12. The Morgan fingerprint density at radius 1 is 1.27 bits per heavy atom. The molecule has 0 saturated carbocycles. The molecular formula is C9H21OSi. The van der Waals surface area contributed by atoms with Gasteiger partial charge in [-0.1, -0.05) is 39.4 Å². The monoisotopic (exact) mass is 173 g/mol. The molecule has 0 spiro atoms. The molecule has 0 aliphatic carbocycles. The van der Waals surface area contributed by atoms with E-state index >= 15 is 0 Å². The second-order valence-corrected chi connectivity index (χ2v) is 9.59. The maximum Gasteiger partial charge on any atom is 0.0832 e. The molecule has 0 N–H and O–H groups in total. The van der Waals surface area contributed by atoms with Gasteiger partial charge in [0, 0.05) is 6.23 Å². The van der Waals surface area contributed by atoms with Crippen molar-refractivity contribution in [2.75, 3.05) is 6.23 Å². The van der Waals surface area contributed by atoms with E-state index in [1.807, 2.05) is 6.61 Å². The highest BCUT2D eigenvalue weighted by Crippen LogP contribution is 2.04. The average molecular weight is 173 g/mol. The minimum atomic E-state index is -0.971. The van der Waals surface area contributed by atoms with Crippen LogP contribution in [0.4, 0.5) is 0 Å². The van der Waals surface area contributed by atoms with Crippen LogP contribution >= 0.6 is 0 Å². The van der Waals surface area contributed by atoms with E-state index in [-0.39, 0.29) is 0 Å². The van der Waals surface area contributed by atoms with Gasteiger partial charge in [-0.15, -0.1) is 0 Å². The Morgan fingerprint density at radius 2 is 1.91 bits per heavy atom. The average Bonchev–Trinajstić information content (AvgIpc) is 1.85. The minimum Gasteiger partial charge on any atom is -0.379 e. The lowest BCUT2D eigenvalue weighted by Crippen LogP contribution is -2.27. The van der Waals surface area contributed by atoms with Crippen LogP contribution in [0, 0.1) is 6.61 Å². The zero-order valence-electron chi connectivity index (χ0n) is 8.31. The van der Waals surface area contributed by atoms with Gasteiger partial charge in [0.2, 0.25) is 0 Å². The van der Waals surface area contributed by atoms with Crippen LogP contribution in [-0.4, -0.2) is 14.3 Å². The molecule has 2 heteroatoms. The lowest BCUT2D eigenvalue weighted by molar-refractivity contribution is 0.234. The summed E-state index contributed by atoms with van der Waals surface area (Å²) in [5.74, 6) is 0. The summed E-state index contributed by atoms with van der Waals surface area (Å²) in [4.78, 5) is 0. The number of rotatable bonds is 6. The van der Waals surface area contributed by atoms with Gasteiger partial charge in [-0.3, -0.25) is 0 Å². The van der Waals surface area contributed by atoms with E-state index in [9.17, 15) is 0 Å². The van der Waals surface area contributed by atoms with E-state index in [2.05, 4.69) is 26.6 Å². The fourth-order valence-electron chi connectivity index (χ4n) is 0.680. The van der Waals surface area contributed by atoms with Crippen LogP contribution in [0.25, 0.3) is 0 Å². The molecule has 0 rings (SSSR count). The highest BCUT2D eigenvalue weighted by molar-refractivity contribution is 6.76. The summed E-state index contributed by atoms with van der Waals surface area (Å²) in [6, 6.07) is 0. The maximum absolute atomic E-state index is 5.44. The molecule has 0 saturated heterocycles. The molecule has 0 bridgehead atoms. The molecule has 0 heterocycles. The first kappa shape index (κ1) is 11.2. The lowest BCUT2D eigenvalue weighted by Gasteiger charge is -2.14. The fraction of sp³-hybridized carbons (Fsp3) is 0.889. The quantitative estimate of drug-likeness (QED) is 0.442. The highest BCUT2D eigenvalue weighted by atomic mass is 28.3. The molecule has 0 aromatic carbocycles. The topological polar surface area (TPSA) is 9.23 Å². The molecule has 0 atom stereocenters. The number of ether oxygens (including phenoxy) is 1. The van der Waals surface area contributed by atoms with Crippen molar-refractivity contribution in [2.45, 2.75) is 45.8 Å². The summed E-state index contributed by atoms with van der Waals surface area (Å²) in [6.45, 7) is 11.1. The molecule has 1 nitrogen and oxygen atoms in total. The van der Waals surface area contributed by atoms with Crippen molar-refractivity contribution in [2.24, 2.45) is 0 Å². The smallest absolute Gasteiger partial charge is 0.0832 e. The first-order chi connectivity index (χ1) is 5.06. The van der Waals surface area contributed by atoms with Gasteiger partial charge in [0.25, 0.3) is 0 Å². The second kappa shape index (κ2) is 5.78. The predicted octanol–water partition coefficient (Wildman–Crippen LogP) is 3.23. The van der Waals surface area contributed by atoms with Crippen LogP contribution in [0.5, 0.6) is 0 Å². The Kier molecular flexibility index (Phi) is 5.87. The Morgan fingerprint density at radius 3 is 2.36 bits per heavy atom. The molecule has 11 heavy (non-hydrogen) atoms. The van der Waals surface area contributed by atoms with Crippen LogP contribution < -0.4 is 0 Å². The minimum absolute atomic E-state index is 0.969. The maximum atomic E-state index is 5.44. The Balaban J connectivity index is 3.02. The summed E-state index contributed by atoms with van der Waals surface area (Å²) in [5.41, 5.74) is 0. The summed E-state index contributed by atoms with van der Waals surface area (Å²) < 4.78 is 5.44. The molecular weight excluding hydrogens is 152 g/mol. The van der Waals surface area contributed by atoms with E-state index in [1.54, 1.807) is 0 Å². The van der Waals surface area contributed by atoms with Crippen molar-refractivity contribution >= 4 is 8.07 Å². The van der Waals surface area contributed by atoms with Gasteiger partial charge >= 0.3 is 0 Å². The third-order valence-corrected chi connectivity index (χ3v) is 2.34. The summed E-state index contributed by atoms with van der Waals surface area (Å²) in [7, 11) is -0.971. The number of unbranched alkanes of at least 4 members (excludes halogenated alkanes) is 2. The van der Waals surface area contributed by atoms with Crippen molar-refractivity contribution in [1.82, 2.24) is 0 Å². The molecule has 1 radical (unpaired) electrons. The molecule has 0 aliphatic rings. The number of hydrogen-bond donors (Lipinski definition) is 0. The van der Waals surface area contributed by atoms with Gasteiger partial charge in [-0.25, -0.2) is 0 Å². The van der Waals surface area contributed by atoms with Crippen molar-refractivity contribution in [3.8, 4) is 0 Å². The van der Waals surface area contributed by atoms with Gasteiger partial charge in [-0.2, -0.15) is 0 Å². The first-order valence-corrected chi connectivity index (χ1v) is 8.20. The molecule has 0 unspecified atom stereocenters. The molecule has 0 amide bonds. The van der Waals surface area contributed by atoms with Gasteiger partial charge in [-0.05, 0) is 6.42 Å². The van der Waals surface area contributed by atoms with Gasteiger partial charge in [0.15, 0.2) is 0 Å². The van der Waals surface area contributed by atoms with Crippen LogP contribution in [0.1, 0.15) is 26.2 Å². The fourth-order valence-corrected chi connectivity index (χ4v) is 1.30. The predicted molar refractivity (Wildman–Crippen MR) is 53.1 cm³/mol. The number of hydrogen-bond acceptors (Lipinski definition) is 1. The van der Waals surface area contributed by atoms with Crippen LogP contribution in [0.15, 0.2) is 0 Å². The van der Waals surface area contributed by atoms with Crippen molar-refractivity contribution in [1.29, 1.82) is 0 Å². The van der Waals surface area contributed by atoms with Crippen molar-refractivity contribution in [3.63, 3.8) is 0 Å². The van der Waals surface area contributed by atoms with E-state index in [0.29, 0.717) is 0 Å². The van der Waals surface area contributed by atoms with E-state index in [1.165, 1.54) is 12.8 Å². The summed E-state index contributed by atoms with van der Waals surface area (Å²) >= 11 is 0. The van der Waals surface area contributed by atoms with Gasteiger partial charge < -0.3 is 4.74 Å². The first-order valence-electron chi connectivity index (χ1n) is 4.49. The standard InChI is InChI=1S/C9H21OSi/c1-5-6-7-8-10-9-11(2,3)4/h8H,5-7,9H2,1-4H3. The molecule has 0 aromatic heterocycles. The van der Waals surface area contributed by atoms with Crippen LogP contribution in [0.3, 0.4) is 0 Å². The van der Waals surface area contributed by atoms with Gasteiger partial charge in [0.1, 0.15) is 0 Å². The lowest BCUT2D eigenvalue weighted by atomic mass is 10.3. The zero-order chi connectivity index (χ0) is 8.74. The van der Waals surface area contributed by atoms with E-state index in [4.69, 9.17) is 4.74 Å². The van der Waals surface area contributed by atoms with E-state index in [0.717, 1.165) is 12.7 Å². The summed E-state index contributed by atoms with van der Waals surface area (Å²) in [6.07, 6.45) is 4.59. The van der Waals surface area contributed by atoms with E-state index < -0.39 is 8.07 Å². The van der Waals surface area contributed by atoms with Crippen molar-refractivity contribution < 1.29 is 4.74 Å². The normalized spacial score (nSPS) is 12.0. The van der Waals surface area contributed by atoms with Crippen LogP contribution in [-0.2, 0) is 4.74 Å². The third-order valence-electron chi connectivity index (χ3n) is 1.31. The Labute approximate surface area is 72.2 Å². The second-order valence-electron chi connectivity index (χ2n) is 4.18. The summed E-state index contributed by atoms with van der Waals surface area (Å²) in [5, 5.41) is 0. The largest absolute Gasteiger partial charge is 0.379 e. The molecule has 0 aliphatic heterocycles. The Bertz CT molecular complexity index is 86.1. The molecule has 67 valence electrons. The van der Waals surface area contributed by atoms with Crippen molar-refractivity contribution in [3.05, 3.63) is 6.61 Å². The third kappa shape index (κ3) is 10.2. The van der Waals surface area contributed by atoms with Crippen LogP contribution in [0.2, 0.25) is 19.6 Å². The zero-order valence-corrected chi connectivity index (χ0v) is 9.31. The Hall–Kier alpha value is 0.177. The van der Waals surface area contributed by atoms with Gasteiger partial charge in [0.05, 0.1) is 14.7 Å². The molecule has 0 fully saturated rings.